The lowest BCUT2D eigenvalue weighted by atomic mass is 9.84. The molecule has 0 atom stereocenters. The van der Waals surface area contributed by atoms with E-state index in [9.17, 15) is 14.3 Å². The molecule has 0 bridgehead atoms. The number of nitrogens with zero attached hydrogens (tertiary/aromatic N) is 1. The number of aromatic nitrogens is 1. The van der Waals surface area contributed by atoms with Crippen LogP contribution in [0.25, 0.3) is 22.0 Å². The van der Waals surface area contributed by atoms with E-state index in [0.717, 1.165) is 34.9 Å². The monoisotopic (exact) mass is 410 g/mol. The summed E-state index contributed by atoms with van der Waals surface area (Å²) in [4.78, 5) is 15.7. The first kappa shape index (κ1) is 20.1. The molecule has 4 rings (SSSR count). The Kier molecular flexibility index (Phi) is 5.81. The minimum absolute atomic E-state index is 0.0428. The number of benzene rings is 2. The molecule has 1 fully saturated rings. The van der Waals surface area contributed by atoms with Crippen molar-refractivity contribution in [1.82, 2.24) is 4.98 Å². The molecule has 1 aliphatic heterocycles. The summed E-state index contributed by atoms with van der Waals surface area (Å²) in [5, 5.41) is 23.1. The number of hydrogen-bond donors (Lipinski definition) is 3. The van der Waals surface area contributed by atoms with Gasteiger partial charge in [0.05, 0.1) is 11.9 Å². The zero-order valence-corrected chi connectivity index (χ0v) is 16.4. The predicted octanol–water partition coefficient (Wildman–Crippen LogP) is 4.53. The Labute approximate surface area is 173 Å². The first-order valence-electron chi connectivity index (χ1n) is 9.99. The first-order chi connectivity index (χ1) is 14.5. The van der Waals surface area contributed by atoms with Crippen molar-refractivity contribution in [2.75, 3.05) is 25.1 Å². The number of hydrogen-bond acceptors (Lipinski definition) is 5. The third-order valence-corrected chi connectivity index (χ3v) is 5.40. The molecule has 30 heavy (non-hydrogen) atoms. The number of aromatic hydroxyl groups is 1. The number of ether oxygens (including phenoxy) is 1. The van der Waals surface area contributed by atoms with Gasteiger partial charge < -0.3 is 20.3 Å². The van der Waals surface area contributed by atoms with Gasteiger partial charge in [0.2, 0.25) is 0 Å². The van der Waals surface area contributed by atoms with Gasteiger partial charge in [0.1, 0.15) is 17.4 Å². The standard InChI is InChI=1S/C23H23FN2O4/c24-16-3-1-14(2-4-16)21-18-6-5-17(27)13-19(18)26-23(25-10-7-20(28)29)22(21)15-8-11-30-12-9-15/h1-6,13,15,27H,7-12H2,(H,25,26)(H,28,29). The second kappa shape index (κ2) is 8.67. The number of fused-ring (bicyclic) bond motifs is 1. The maximum absolute atomic E-state index is 13.6. The topological polar surface area (TPSA) is 91.7 Å². The number of aliphatic carboxylic acids is 1. The fourth-order valence-electron chi connectivity index (χ4n) is 4.00. The van der Waals surface area contributed by atoms with Gasteiger partial charge in [-0.1, -0.05) is 12.1 Å². The number of pyridine rings is 1. The summed E-state index contributed by atoms with van der Waals surface area (Å²) >= 11 is 0. The molecule has 6 nitrogen and oxygen atoms in total. The van der Waals surface area contributed by atoms with Crippen LogP contribution >= 0.6 is 0 Å². The molecule has 0 saturated carbocycles. The number of halogens is 1. The molecule has 7 heteroatoms. The molecule has 156 valence electrons. The Morgan fingerprint density at radius 1 is 1.17 bits per heavy atom. The van der Waals surface area contributed by atoms with Gasteiger partial charge in [-0.15, -0.1) is 0 Å². The van der Waals surface area contributed by atoms with Crippen molar-refractivity contribution in [1.29, 1.82) is 0 Å². The van der Waals surface area contributed by atoms with E-state index >= 15 is 0 Å². The average Bonchev–Trinajstić information content (AvgIpc) is 2.73. The highest BCUT2D eigenvalue weighted by Crippen LogP contribution is 2.43. The van der Waals surface area contributed by atoms with Crippen LogP contribution in [0.4, 0.5) is 10.2 Å². The SMILES string of the molecule is O=C(O)CCNc1nc2cc(O)ccc2c(-c2ccc(F)cc2)c1C1CCOCC1. The highest BCUT2D eigenvalue weighted by molar-refractivity contribution is 5.99. The Balaban J connectivity index is 1.94. The lowest BCUT2D eigenvalue weighted by Crippen LogP contribution is -2.18. The summed E-state index contributed by atoms with van der Waals surface area (Å²) in [6, 6.07) is 11.3. The quantitative estimate of drug-likeness (QED) is 0.553. The Hall–Kier alpha value is -3.19. The summed E-state index contributed by atoms with van der Waals surface area (Å²) < 4.78 is 19.2. The van der Waals surface area contributed by atoms with Crippen LogP contribution in [0.1, 0.15) is 30.7 Å². The second-order valence-electron chi connectivity index (χ2n) is 7.41. The molecule has 2 heterocycles. The zero-order chi connectivity index (χ0) is 21.1. The van der Waals surface area contributed by atoms with Crippen molar-refractivity contribution in [3.63, 3.8) is 0 Å². The molecular formula is C23H23FN2O4. The van der Waals surface area contributed by atoms with Crippen LogP contribution in [-0.4, -0.2) is 40.9 Å². The molecule has 0 unspecified atom stereocenters. The summed E-state index contributed by atoms with van der Waals surface area (Å²) in [5.41, 5.74) is 3.33. The van der Waals surface area contributed by atoms with Crippen molar-refractivity contribution in [2.24, 2.45) is 0 Å². The van der Waals surface area contributed by atoms with Crippen molar-refractivity contribution < 1.29 is 24.1 Å². The predicted molar refractivity (Wildman–Crippen MR) is 112 cm³/mol. The number of phenolic OH excluding ortho intramolecular Hbond substituents is 1. The molecule has 2 aromatic carbocycles. The third kappa shape index (κ3) is 4.21. The Morgan fingerprint density at radius 2 is 1.90 bits per heavy atom. The highest BCUT2D eigenvalue weighted by atomic mass is 19.1. The number of carbonyl (C=O) groups is 1. The van der Waals surface area contributed by atoms with Gasteiger partial charge in [-0.25, -0.2) is 9.37 Å². The number of nitrogens with one attached hydrogen (secondary N) is 1. The van der Waals surface area contributed by atoms with Crippen LogP contribution in [0.2, 0.25) is 0 Å². The van der Waals surface area contributed by atoms with Crippen molar-refractivity contribution in [3.05, 3.63) is 53.8 Å². The summed E-state index contributed by atoms with van der Waals surface area (Å²) in [5.74, 6) is -0.359. The van der Waals surface area contributed by atoms with Crippen LogP contribution in [0.5, 0.6) is 5.75 Å². The van der Waals surface area contributed by atoms with E-state index in [1.54, 1.807) is 24.3 Å². The summed E-state index contributed by atoms with van der Waals surface area (Å²) in [6.45, 7) is 1.50. The van der Waals surface area contributed by atoms with E-state index in [-0.39, 0.29) is 30.5 Å². The summed E-state index contributed by atoms with van der Waals surface area (Å²) in [6.07, 6.45) is 1.58. The van der Waals surface area contributed by atoms with Crippen LogP contribution in [0.15, 0.2) is 42.5 Å². The normalized spacial score (nSPS) is 14.7. The van der Waals surface area contributed by atoms with Crippen molar-refractivity contribution >= 4 is 22.7 Å². The average molecular weight is 410 g/mol. The van der Waals surface area contributed by atoms with E-state index in [1.807, 2.05) is 6.07 Å². The molecule has 3 N–H and O–H groups in total. The van der Waals surface area contributed by atoms with E-state index in [4.69, 9.17) is 14.8 Å². The largest absolute Gasteiger partial charge is 0.508 e. The smallest absolute Gasteiger partial charge is 0.305 e. The molecule has 0 radical (unpaired) electrons. The molecule has 0 aliphatic carbocycles. The number of carboxylic acid groups (broad SMARTS) is 1. The van der Waals surface area contributed by atoms with E-state index in [1.165, 1.54) is 12.1 Å². The van der Waals surface area contributed by atoms with Crippen LogP contribution < -0.4 is 5.32 Å². The lowest BCUT2D eigenvalue weighted by molar-refractivity contribution is -0.136. The number of rotatable bonds is 6. The number of phenols is 1. The fraction of sp³-hybridized carbons (Fsp3) is 0.304. The van der Waals surface area contributed by atoms with Gasteiger partial charge in [0, 0.05) is 36.8 Å². The minimum atomic E-state index is -0.896. The van der Waals surface area contributed by atoms with Gasteiger partial charge in [-0.3, -0.25) is 4.79 Å². The Bertz CT molecular complexity index is 1060. The maximum Gasteiger partial charge on any atom is 0.305 e. The van der Waals surface area contributed by atoms with Gasteiger partial charge in [0.25, 0.3) is 0 Å². The summed E-state index contributed by atoms with van der Waals surface area (Å²) in [7, 11) is 0. The van der Waals surface area contributed by atoms with Crippen LogP contribution in [-0.2, 0) is 9.53 Å². The number of carboxylic acids is 1. The zero-order valence-electron chi connectivity index (χ0n) is 16.4. The van der Waals surface area contributed by atoms with E-state index in [2.05, 4.69) is 5.32 Å². The Morgan fingerprint density at radius 3 is 2.60 bits per heavy atom. The molecule has 1 aliphatic rings. The van der Waals surface area contributed by atoms with Crippen LogP contribution in [0, 0.1) is 5.82 Å². The first-order valence-corrected chi connectivity index (χ1v) is 9.99. The van der Waals surface area contributed by atoms with Gasteiger partial charge in [0.15, 0.2) is 0 Å². The van der Waals surface area contributed by atoms with E-state index < -0.39 is 5.97 Å². The third-order valence-electron chi connectivity index (χ3n) is 5.40. The molecule has 1 saturated heterocycles. The fourth-order valence-corrected chi connectivity index (χ4v) is 4.00. The number of anilines is 1. The van der Waals surface area contributed by atoms with Gasteiger partial charge in [-0.05, 0) is 54.2 Å². The molecular weight excluding hydrogens is 387 g/mol. The van der Waals surface area contributed by atoms with Crippen molar-refractivity contribution in [3.8, 4) is 16.9 Å². The minimum Gasteiger partial charge on any atom is -0.508 e. The molecule has 0 amide bonds. The highest BCUT2D eigenvalue weighted by Gasteiger charge is 2.26. The second-order valence-corrected chi connectivity index (χ2v) is 7.41. The van der Waals surface area contributed by atoms with Gasteiger partial charge in [-0.2, -0.15) is 0 Å². The maximum atomic E-state index is 13.6. The van der Waals surface area contributed by atoms with Gasteiger partial charge >= 0.3 is 5.97 Å². The van der Waals surface area contributed by atoms with Crippen molar-refractivity contribution in [2.45, 2.75) is 25.2 Å². The van der Waals surface area contributed by atoms with Crippen LogP contribution in [0.3, 0.4) is 0 Å². The van der Waals surface area contributed by atoms with E-state index in [0.29, 0.717) is 24.5 Å². The molecule has 3 aromatic rings. The molecule has 0 spiro atoms. The molecule has 1 aromatic heterocycles. The lowest BCUT2D eigenvalue weighted by Gasteiger charge is -2.28.